The molecular weight excluding hydrogens is 280 g/mol. The van der Waals surface area contributed by atoms with Crippen molar-refractivity contribution < 1.29 is 0 Å². The Kier molecular flexibility index (Phi) is 4.24. The summed E-state index contributed by atoms with van der Waals surface area (Å²) < 4.78 is 3.38. The number of aromatic nitrogens is 4. The summed E-state index contributed by atoms with van der Waals surface area (Å²) in [7, 11) is 1.67. The molecule has 2 aromatic heterocycles. The van der Waals surface area contributed by atoms with E-state index in [0.717, 1.165) is 38.5 Å². The van der Waals surface area contributed by atoms with Crippen molar-refractivity contribution in [1.82, 2.24) is 24.6 Å². The molecular formula is C15H22N6O. The average molecular weight is 302 g/mol. The molecule has 1 saturated heterocycles. The minimum Gasteiger partial charge on any atom is -0.340 e. The van der Waals surface area contributed by atoms with Gasteiger partial charge in [-0.2, -0.15) is 5.10 Å². The molecule has 0 radical (unpaired) electrons. The van der Waals surface area contributed by atoms with Gasteiger partial charge >= 0.3 is 0 Å². The van der Waals surface area contributed by atoms with Crippen LogP contribution in [0.5, 0.6) is 0 Å². The molecule has 0 aromatic carbocycles. The molecule has 3 rings (SSSR count). The first kappa shape index (κ1) is 14.8. The number of nitrogens with zero attached hydrogens (tertiary/aromatic N) is 5. The van der Waals surface area contributed by atoms with Crippen molar-refractivity contribution in [2.24, 2.45) is 7.05 Å². The van der Waals surface area contributed by atoms with Gasteiger partial charge in [-0.15, -0.1) is 0 Å². The normalized spacial score (nSPS) is 16.0. The summed E-state index contributed by atoms with van der Waals surface area (Å²) in [5.74, 6) is 0.863. The van der Waals surface area contributed by atoms with Crippen LogP contribution in [-0.4, -0.2) is 45.5 Å². The molecule has 22 heavy (non-hydrogen) atoms. The number of anilines is 1. The van der Waals surface area contributed by atoms with Crippen LogP contribution in [0.4, 0.5) is 5.95 Å². The van der Waals surface area contributed by atoms with Gasteiger partial charge in [-0.3, -0.25) is 4.79 Å². The minimum atomic E-state index is -0.101. The Bertz CT molecular complexity index is 738. The summed E-state index contributed by atoms with van der Waals surface area (Å²) in [6.45, 7) is 6.42. The van der Waals surface area contributed by atoms with Gasteiger partial charge in [-0.25, -0.2) is 9.67 Å². The third kappa shape index (κ3) is 2.64. The van der Waals surface area contributed by atoms with Gasteiger partial charge in [-0.1, -0.05) is 19.1 Å². The highest BCUT2D eigenvalue weighted by molar-refractivity contribution is 5.77. The van der Waals surface area contributed by atoms with E-state index in [0.29, 0.717) is 17.6 Å². The van der Waals surface area contributed by atoms with Gasteiger partial charge in [0.2, 0.25) is 5.95 Å². The second-order valence-corrected chi connectivity index (χ2v) is 5.45. The zero-order valence-electron chi connectivity index (χ0n) is 13.1. The lowest BCUT2D eigenvalue weighted by molar-refractivity contribution is 0.572. The maximum atomic E-state index is 12.5. The molecule has 0 saturated carbocycles. The predicted octanol–water partition coefficient (Wildman–Crippen LogP) is 0.506. The summed E-state index contributed by atoms with van der Waals surface area (Å²) in [6.07, 6.45) is 6.85. The third-order valence-corrected chi connectivity index (χ3v) is 3.91. The van der Waals surface area contributed by atoms with Crippen LogP contribution in [0.15, 0.2) is 23.1 Å². The third-order valence-electron chi connectivity index (χ3n) is 3.91. The van der Waals surface area contributed by atoms with Crippen LogP contribution in [0, 0.1) is 0 Å². The predicted molar refractivity (Wildman–Crippen MR) is 87.3 cm³/mol. The van der Waals surface area contributed by atoms with Crippen LogP contribution in [0.1, 0.15) is 13.3 Å². The van der Waals surface area contributed by atoms with Crippen molar-refractivity contribution in [2.75, 3.05) is 31.1 Å². The van der Waals surface area contributed by atoms with E-state index in [1.807, 2.05) is 4.57 Å². The highest BCUT2D eigenvalue weighted by Crippen LogP contribution is 2.20. The molecule has 7 nitrogen and oxygen atoms in total. The van der Waals surface area contributed by atoms with Gasteiger partial charge in [0, 0.05) is 39.8 Å². The Hall–Kier alpha value is -2.15. The largest absolute Gasteiger partial charge is 0.340 e. The smallest absolute Gasteiger partial charge is 0.292 e. The Labute approximate surface area is 129 Å². The van der Waals surface area contributed by atoms with E-state index in [1.54, 1.807) is 13.2 Å². The van der Waals surface area contributed by atoms with Crippen LogP contribution in [0.2, 0.25) is 0 Å². The Morgan fingerprint density at radius 2 is 2.09 bits per heavy atom. The molecule has 1 aliphatic rings. The van der Waals surface area contributed by atoms with E-state index in [-0.39, 0.29) is 5.56 Å². The fourth-order valence-corrected chi connectivity index (χ4v) is 2.75. The molecule has 118 valence electrons. The van der Waals surface area contributed by atoms with E-state index in [1.165, 1.54) is 4.68 Å². The summed E-state index contributed by atoms with van der Waals surface area (Å²) >= 11 is 0. The Morgan fingerprint density at radius 3 is 2.82 bits per heavy atom. The SMILES string of the molecule is CC/C=C/Cn1c(N2CCNCC2)nc2cnn(C)c(=O)c21. The number of rotatable bonds is 4. The highest BCUT2D eigenvalue weighted by Gasteiger charge is 2.20. The van der Waals surface area contributed by atoms with Crippen molar-refractivity contribution in [2.45, 2.75) is 19.9 Å². The summed E-state index contributed by atoms with van der Waals surface area (Å²) in [6, 6.07) is 0. The van der Waals surface area contributed by atoms with Crippen LogP contribution in [0.25, 0.3) is 11.0 Å². The van der Waals surface area contributed by atoms with E-state index >= 15 is 0 Å². The van der Waals surface area contributed by atoms with Crippen LogP contribution < -0.4 is 15.8 Å². The van der Waals surface area contributed by atoms with E-state index in [4.69, 9.17) is 0 Å². The number of nitrogens with one attached hydrogen (secondary N) is 1. The van der Waals surface area contributed by atoms with Gasteiger partial charge in [-0.05, 0) is 6.42 Å². The first-order chi connectivity index (χ1) is 10.7. The number of aryl methyl sites for hydroxylation is 1. The van der Waals surface area contributed by atoms with E-state index in [2.05, 4.69) is 39.4 Å². The topological polar surface area (TPSA) is 68.0 Å². The molecule has 2 aromatic rings. The average Bonchev–Trinajstić information content (AvgIpc) is 2.92. The molecule has 1 aliphatic heterocycles. The lowest BCUT2D eigenvalue weighted by Crippen LogP contribution is -2.44. The fraction of sp³-hybridized carbons (Fsp3) is 0.533. The molecule has 1 fully saturated rings. The molecule has 0 amide bonds. The molecule has 0 unspecified atom stereocenters. The number of imidazole rings is 1. The lowest BCUT2D eigenvalue weighted by atomic mass is 10.3. The zero-order chi connectivity index (χ0) is 15.5. The maximum absolute atomic E-state index is 12.5. The second-order valence-electron chi connectivity index (χ2n) is 5.45. The summed E-state index contributed by atoms with van der Waals surface area (Å²) in [5, 5.41) is 7.42. The van der Waals surface area contributed by atoms with Crippen molar-refractivity contribution in [3.8, 4) is 0 Å². The Morgan fingerprint density at radius 1 is 1.32 bits per heavy atom. The molecule has 7 heteroatoms. The second kappa shape index (κ2) is 6.31. The van der Waals surface area contributed by atoms with Crippen LogP contribution in [0.3, 0.4) is 0 Å². The number of fused-ring (bicyclic) bond motifs is 1. The van der Waals surface area contributed by atoms with Gasteiger partial charge in [0.25, 0.3) is 5.56 Å². The molecule has 0 atom stereocenters. The molecule has 1 N–H and O–H groups in total. The van der Waals surface area contributed by atoms with Crippen molar-refractivity contribution in [3.05, 3.63) is 28.7 Å². The first-order valence-corrected chi connectivity index (χ1v) is 7.75. The van der Waals surface area contributed by atoms with E-state index in [9.17, 15) is 4.79 Å². The van der Waals surface area contributed by atoms with Crippen molar-refractivity contribution in [1.29, 1.82) is 0 Å². The van der Waals surface area contributed by atoms with Gasteiger partial charge in [0.1, 0.15) is 11.0 Å². The zero-order valence-corrected chi connectivity index (χ0v) is 13.1. The van der Waals surface area contributed by atoms with E-state index < -0.39 is 0 Å². The molecule has 3 heterocycles. The lowest BCUT2D eigenvalue weighted by Gasteiger charge is -2.28. The molecule has 0 aliphatic carbocycles. The van der Waals surface area contributed by atoms with Crippen LogP contribution in [-0.2, 0) is 13.6 Å². The number of allylic oxidation sites excluding steroid dienone is 2. The van der Waals surface area contributed by atoms with Gasteiger partial charge < -0.3 is 14.8 Å². The van der Waals surface area contributed by atoms with Crippen molar-refractivity contribution in [3.63, 3.8) is 0 Å². The number of piperazine rings is 1. The quantitative estimate of drug-likeness (QED) is 0.833. The van der Waals surface area contributed by atoms with Gasteiger partial charge in [0.15, 0.2) is 0 Å². The standard InChI is InChI=1S/C15H22N6O/c1-3-4-5-8-21-13-12(11-17-19(2)14(13)22)18-15(21)20-9-6-16-7-10-20/h4-5,11,16H,3,6-10H2,1-2H3/b5-4+. The first-order valence-electron chi connectivity index (χ1n) is 7.75. The Balaban J connectivity index is 2.13. The number of hydrogen-bond donors (Lipinski definition) is 1. The minimum absolute atomic E-state index is 0.101. The number of hydrogen-bond acceptors (Lipinski definition) is 5. The van der Waals surface area contributed by atoms with Gasteiger partial charge in [0.05, 0.1) is 6.20 Å². The maximum Gasteiger partial charge on any atom is 0.292 e. The van der Waals surface area contributed by atoms with Crippen molar-refractivity contribution >= 4 is 17.0 Å². The molecule has 0 spiro atoms. The fourth-order valence-electron chi connectivity index (χ4n) is 2.75. The highest BCUT2D eigenvalue weighted by atomic mass is 16.1. The summed E-state index contributed by atoms with van der Waals surface area (Å²) in [4.78, 5) is 19.4. The summed E-state index contributed by atoms with van der Waals surface area (Å²) in [5.41, 5.74) is 1.20. The monoisotopic (exact) mass is 302 g/mol. The van der Waals surface area contributed by atoms with Crippen LogP contribution >= 0.6 is 0 Å². The molecule has 0 bridgehead atoms.